The van der Waals surface area contributed by atoms with E-state index in [1.54, 1.807) is 0 Å². The Morgan fingerprint density at radius 1 is 1.29 bits per heavy atom. The first-order chi connectivity index (χ1) is 8.02. The van der Waals surface area contributed by atoms with Crippen molar-refractivity contribution in [2.75, 3.05) is 13.7 Å². The van der Waals surface area contributed by atoms with Crippen molar-refractivity contribution in [2.45, 2.75) is 58.8 Å². The van der Waals surface area contributed by atoms with E-state index in [-0.39, 0.29) is 18.0 Å². The minimum absolute atomic E-state index is 0.0378. The van der Waals surface area contributed by atoms with Crippen molar-refractivity contribution in [3.63, 3.8) is 0 Å². The zero-order chi connectivity index (χ0) is 12.9. The molecular weight excluding hydrogens is 216 g/mol. The van der Waals surface area contributed by atoms with Gasteiger partial charge in [-0.25, -0.2) is 0 Å². The molecule has 1 fully saturated rings. The van der Waals surface area contributed by atoms with Crippen LogP contribution in [0.2, 0.25) is 0 Å². The minimum Gasteiger partial charge on any atom is -0.469 e. The second-order valence-electron chi connectivity index (χ2n) is 5.76. The molecule has 1 aliphatic rings. The van der Waals surface area contributed by atoms with E-state index in [0.29, 0.717) is 5.41 Å². The van der Waals surface area contributed by atoms with Crippen LogP contribution in [0.1, 0.15) is 58.8 Å². The molecule has 0 saturated heterocycles. The highest BCUT2D eigenvalue weighted by atomic mass is 16.5. The number of aliphatic hydroxyl groups excluding tert-OH is 1. The summed E-state index contributed by atoms with van der Waals surface area (Å²) in [5.74, 6) is -0.0378. The number of hydrogen-bond acceptors (Lipinski definition) is 3. The number of ether oxygens (including phenoxy) is 1. The number of hydrogen-bond donors (Lipinski definition) is 1. The third-order valence-electron chi connectivity index (χ3n) is 4.65. The van der Waals surface area contributed by atoms with E-state index in [0.717, 1.165) is 44.9 Å². The van der Waals surface area contributed by atoms with Crippen LogP contribution in [0.25, 0.3) is 0 Å². The van der Waals surface area contributed by atoms with Gasteiger partial charge in [-0.3, -0.25) is 4.79 Å². The third kappa shape index (κ3) is 3.21. The largest absolute Gasteiger partial charge is 0.469 e. The van der Waals surface area contributed by atoms with Crippen LogP contribution in [-0.2, 0) is 9.53 Å². The van der Waals surface area contributed by atoms with E-state index in [2.05, 4.69) is 13.8 Å². The Balaban J connectivity index is 2.61. The van der Waals surface area contributed by atoms with Crippen LogP contribution in [-0.4, -0.2) is 24.8 Å². The molecule has 0 heterocycles. The summed E-state index contributed by atoms with van der Waals surface area (Å²) < 4.78 is 4.95. The average Bonchev–Trinajstić information content (AvgIpc) is 2.37. The van der Waals surface area contributed by atoms with Crippen LogP contribution in [0.5, 0.6) is 0 Å². The Kier molecular flexibility index (Phi) is 4.99. The fraction of sp³-hybridized carbons (Fsp3) is 0.929. The highest BCUT2D eigenvalue weighted by molar-refractivity contribution is 5.76. The molecule has 0 aromatic carbocycles. The van der Waals surface area contributed by atoms with E-state index in [1.165, 1.54) is 7.11 Å². The van der Waals surface area contributed by atoms with Gasteiger partial charge in [0.05, 0.1) is 12.5 Å². The van der Waals surface area contributed by atoms with Gasteiger partial charge in [-0.05, 0) is 50.4 Å². The molecule has 0 aromatic rings. The van der Waals surface area contributed by atoms with E-state index >= 15 is 0 Å². The Morgan fingerprint density at radius 2 is 1.88 bits per heavy atom. The molecule has 0 unspecified atom stereocenters. The predicted octanol–water partition coefficient (Wildman–Crippen LogP) is 2.91. The van der Waals surface area contributed by atoms with Crippen LogP contribution in [0, 0.1) is 10.8 Å². The van der Waals surface area contributed by atoms with Crippen LogP contribution >= 0.6 is 0 Å². The van der Waals surface area contributed by atoms with Crippen LogP contribution in [0.3, 0.4) is 0 Å². The van der Waals surface area contributed by atoms with Crippen LogP contribution in [0.15, 0.2) is 0 Å². The quantitative estimate of drug-likeness (QED) is 0.754. The summed E-state index contributed by atoms with van der Waals surface area (Å²) in [6.07, 6.45) is 6.79. The first kappa shape index (κ1) is 14.5. The van der Waals surface area contributed by atoms with Crippen molar-refractivity contribution in [1.29, 1.82) is 0 Å². The van der Waals surface area contributed by atoms with Crippen molar-refractivity contribution >= 4 is 5.97 Å². The maximum Gasteiger partial charge on any atom is 0.311 e. The number of carbonyl (C=O) groups excluding carboxylic acids is 1. The van der Waals surface area contributed by atoms with Crippen LogP contribution < -0.4 is 0 Å². The molecule has 100 valence electrons. The van der Waals surface area contributed by atoms with E-state index in [9.17, 15) is 4.79 Å². The first-order valence-electron chi connectivity index (χ1n) is 6.71. The summed E-state index contributed by atoms with van der Waals surface area (Å²) in [5.41, 5.74) is 0.0584. The molecule has 0 aliphatic heterocycles. The SMILES string of the molecule is CCC1(C(=O)OC)CCC(C)(CCCO)CC1. The Bertz CT molecular complexity index is 252. The molecule has 0 aromatic heterocycles. The number of aliphatic hydroxyl groups is 1. The number of rotatable bonds is 5. The molecule has 0 atom stereocenters. The van der Waals surface area contributed by atoms with Crippen molar-refractivity contribution < 1.29 is 14.6 Å². The topological polar surface area (TPSA) is 46.5 Å². The predicted molar refractivity (Wildman–Crippen MR) is 67.6 cm³/mol. The highest BCUT2D eigenvalue weighted by Crippen LogP contribution is 2.49. The van der Waals surface area contributed by atoms with Gasteiger partial charge in [-0.2, -0.15) is 0 Å². The van der Waals surface area contributed by atoms with Crippen molar-refractivity contribution in [1.82, 2.24) is 0 Å². The molecule has 0 spiro atoms. The lowest BCUT2D eigenvalue weighted by Gasteiger charge is -2.43. The Labute approximate surface area is 105 Å². The van der Waals surface area contributed by atoms with Gasteiger partial charge in [0, 0.05) is 6.61 Å². The number of esters is 1. The fourth-order valence-electron chi connectivity index (χ4n) is 3.01. The van der Waals surface area contributed by atoms with E-state index in [4.69, 9.17) is 9.84 Å². The summed E-state index contributed by atoms with van der Waals surface area (Å²) >= 11 is 0. The summed E-state index contributed by atoms with van der Waals surface area (Å²) in [4.78, 5) is 11.9. The fourth-order valence-corrected chi connectivity index (χ4v) is 3.01. The molecule has 3 heteroatoms. The molecular formula is C14H26O3. The first-order valence-corrected chi connectivity index (χ1v) is 6.71. The molecule has 0 radical (unpaired) electrons. The van der Waals surface area contributed by atoms with Gasteiger partial charge in [0.2, 0.25) is 0 Å². The third-order valence-corrected chi connectivity index (χ3v) is 4.65. The molecule has 3 nitrogen and oxygen atoms in total. The second-order valence-corrected chi connectivity index (χ2v) is 5.76. The van der Waals surface area contributed by atoms with E-state index in [1.807, 2.05) is 0 Å². The minimum atomic E-state index is -0.243. The highest BCUT2D eigenvalue weighted by Gasteiger charge is 2.44. The lowest BCUT2D eigenvalue weighted by atomic mass is 9.62. The lowest BCUT2D eigenvalue weighted by Crippen LogP contribution is -2.39. The van der Waals surface area contributed by atoms with Gasteiger partial charge in [-0.1, -0.05) is 13.8 Å². The van der Waals surface area contributed by atoms with Crippen molar-refractivity contribution in [3.05, 3.63) is 0 Å². The maximum absolute atomic E-state index is 11.9. The Morgan fingerprint density at radius 3 is 2.29 bits per heavy atom. The van der Waals surface area contributed by atoms with Gasteiger partial charge >= 0.3 is 5.97 Å². The molecule has 17 heavy (non-hydrogen) atoms. The van der Waals surface area contributed by atoms with Gasteiger partial charge in [-0.15, -0.1) is 0 Å². The molecule has 0 amide bonds. The van der Waals surface area contributed by atoms with E-state index < -0.39 is 0 Å². The Hall–Kier alpha value is -0.570. The van der Waals surface area contributed by atoms with Crippen molar-refractivity contribution in [2.24, 2.45) is 10.8 Å². The number of methoxy groups -OCH3 is 1. The monoisotopic (exact) mass is 242 g/mol. The lowest BCUT2D eigenvalue weighted by molar-refractivity contribution is -0.157. The molecule has 1 rings (SSSR count). The number of carbonyl (C=O) groups is 1. The van der Waals surface area contributed by atoms with Gasteiger partial charge in [0.15, 0.2) is 0 Å². The normalized spacial score (nSPS) is 33.4. The summed E-state index contributed by atoms with van der Waals surface area (Å²) in [5, 5.41) is 8.91. The summed E-state index contributed by atoms with van der Waals surface area (Å²) in [6, 6.07) is 0. The smallest absolute Gasteiger partial charge is 0.311 e. The van der Waals surface area contributed by atoms with Gasteiger partial charge < -0.3 is 9.84 Å². The average molecular weight is 242 g/mol. The van der Waals surface area contributed by atoms with Crippen LogP contribution in [0.4, 0.5) is 0 Å². The maximum atomic E-state index is 11.9. The standard InChI is InChI=1S/C14H26O3/c1-4-14(12(16)17-3)9-7-13(2,8-10-14)6-5-11-15/h15H,4-11H2,1-3H3. The second kappa shape index (κ2) is 5.85. The van der Waals surface area contributed by atoms with Crippen molar-refractivity contribution in [3.8, 4) is 0 Å². The molecule has 1 N–H and O–H groups in total. The van der Waals surface area contributed by atoms with Gasteiger partial charge in [0.25, 0.3) is 0 Å². The zero-order valence-electron chi connectivity index (χ0n) is 11.4. The molecule has 0 bridgehead atoms. The molecule has 1 aliphatic carbocycles. The summed E-state index contributed by atoms with van der Waals surface area (Å²) in [6.45, 7) is 4.62. The van der Waals surface area contributed by atoms with Gasteiger partial charge in [0.1, 0.15) is 0 Å². The zero-order valence-corrected chi connectivity index (χ0v) is 11.4. The molecule has 1 saturated carbocycles. The summed E-state index contributed by atoms with van der Waals surface area (Å²) in [7, 11) is 1.49.